The number of benzene rings is 3. The summed E-state index contributed by atoms with van der Waals surface area (Å²) in [7, 11) is 0. The van der Waals surface area contributed by atoms with E-state index in [1.807, 2.05) is 66.7 Å². The zero-order valence-electron chi connectivity index (χ0n) is 17.6. The van der Waals surface area contributed by atoms with Gasteiger partial charge >= 0.3 is 0 Å². The van der Waals surface area contributed by atoms with Crippen LogP contribution < -0.4 is 10.1 Å². The quantitative estimate of drug-likeness (QED) is 0.603. The summed E-state index contributed by atoms with van der Waals surface area (Å²) in [5.74, 6) is 0.741. The van der Waals surface area contributed by atoms with Crippen molar-refractivity contribution in [2.45, 2.75) is 6.54 Å². The molecule has 5 heteroatoms. The van der Waals surface area contributed by atoms with E-state index in [-0.39, 0.29) is 5.91 Å². The highest BCUT2D eigenvalue weighted by Crippen LogP contribution is 2.19. The van der Waals surface area contributed by atoms with Crippen molar-refractivity contribution in [3.8, 4) is 16.9 Å². The molecule has 160 valence electrons. The minimum Gasteiger partial charge on any atom is -0.492 e. The number of amides is 1. The minimum absolute atomic E-state index is 0.0850. The van der Waals surface area contributed by atoms with E-state index >= 15 is 0 Å². The second-order valence-corrected chi connectivity index (χ2v) is 7.58. The average molecular weight is 417 g/mol. The molecule has 3 aromatic carbocycles. The Morgan fingerprint density at radius 1 is 0.903 bits per heavy atom. The van der Waals surface area contributed by atoms with E-state index in [0.29, 0.717) is 18.7 Å². The van der Waals surface area contributed by atoms with E-state index in [0.717, 1.165) is 55.3 Å². The molecule has 31 heavy (non-hydrogen) atoms. The fraction of sp³-hybridized carbons (Fsp3) is 0.269. The number of hydrogen-bond donors (Lipinski definition) is 1. The van der Waals surface area contributed by atoms with Gasteiger partial charge in [0.15, 0.2) is 0 Å². The fourth-order valence-electron chi connectivity index (χ4n) is 3.59. The molecule has 0 unspecified atom stereocenters. The molecule has 0 atom stereocenters. The maximum absolute atomic E-state index is 12.5. The van der Waals surface area contributed by atoms with Crippen LogP contribution in [-0.2, 0) is 11.3 Å². The van der Waals surface area contributed by atoms with Gasteiger partial charge in [-0.3, -0.25) is 9.69 Å². The molecule has 1 saturated heterocycles. The van der Waals surface area contributed by atoms with Gasteiger partial charge in [0.2, 0.25) is 0 Å². The van der Waals surface area contributed by atoms with Gasteiger partial charge in [-0.2, -0.15) is 0 Å². The first-order valence-electron chi connectivity index (χ1n) is 10.7. The van der Waals surface area contributed by atoms with Crippen molar-refractivity contribution in [3.63, 3.8) is 0 Å². The monoisotopic (exact) mass is 416 g/mol. The number of nitrogens with zero attached hydrogens (tertiary/aromatic N) is 1. The predicted molar refractivity (Wildman–Crippen MR) is 122 cm³/mol. The number of ether oxygens (including phenoxy) is 2. The summed E-state index contributed by atoms with van der Waals surface area (Å²) >= 11 is 0. The van der Waals surface area contributed by atoms with Gasteiger partial charge < -0.3 is 14.8 Å². The minimum atomic E-state index is -0.0850. The summed E-state index contributed by atoms with van der Waals surface area (Å²) in [5, 5.41) is 2.99. The van der Waals surface area contributed by atoms with Crippen molar-refractivity contribution in [1.82, 2.24) is 10.2 Å². The van der Waals surface area contributed by atoms with Gasteiger partial charge in [-0.25, -0.2) is 0 Å². The van der Waals surface area contributed by atoms with Crippen molar-refractivity contribution < 1.29 is 14.3 Å². The molecule has 1 N–H and O–H groups in total. The molecule has 0 aliphatic carbocycles. The van der Waals surface area contributed by atoms with Crippen LogP contribution in [0.1, 0.15) is 15.9 Å². The van der Waals surface area contributed by atoms with Crippen LogP contribution in [0.15, 0.2) is 78.9 Å². The van der Waals surface area contributed by atoms with E-state index in [4.69, 9.17) is 9.47 Å². The van der Waals surface area contributed by atoms with Gasteiger partial charge in [0, 0.05) is 31.7 Å². The third-order valence-electron chi connectivity index (χ3n) is 5.39. The van der Waals surface area contributed by atoms with Crippen molar-refractivity contribution in [2.24, 2.45) is 0 Å². The molecule has 1 amide bonds. The van der Waals surface area contributed by atoms with Gasteiger partial charge in [-0.1, -0.05) is 54.6 Å². The predicted octanol–water partition coefficient (Wildman–Crippen LogP) is 3.99. The molecule has 5 nitrogen and oxygen atoms in total. The Balaban J connectivity index is 1.26. The number of hydrogen-bond acceptors (Lipinski definition) is 4. The molecule has 0 spiro atoms. The summed E-state index contributed by atoms with van der Waals surface area (Å²) < 4.78 is 11.3. The largest absolute Gasteiger partial charge is 0.492 e. The van der Waals surface area contributed by atoms with Crippen LogP contribution in [-0.4, -0.2) is 50.3 Å². The lowest BCUT2D eigenvalue weighted by atomic mass is 10.0. The summed E-state index contributed by atoms with van der Waals surface area (Å²) in [6.07, 6.45) is 0. The Morgan fingerprint density at radius 3 is 2.42 bits per heavy atom. The number of carbonyl (C=O) groups is 1. The number of nitrogens with one attached hydrogen (secondary N) is 1. The molecular formula is C26H28N2O3. The molecule has 1 fully saturated rings. The van der Waals surface area contributed by atoms with Crippen LogP contribution in [0.3, 0.4) is 0 Å². The van der Waals surface area contributed by atoms with E-state index in [1.54, 1.807) is 0 Å². The van der Waals surface area contributed by atoms with Gasteiger partial charge in [0.1, 0.15) is 12.4 Å². The lowest BCUT2D eigenvalue weighted by Gasteiger charge is -2.26. The van der Waals surface area contributed by atoms with Crippen molar-refractivity contribution >= 4 is 5.91 Å². The Bertz CT molecular complexity index is 967. The summed E-state index contributed by atoms with van der Waals surface area (Å²) in [5.41, 5.74) is 3.90. The third-order valence-corrected chi connectivity index (χ3v) is 5.39. The normalized spacial score (nSPS) is 14.2. The molecule has 3 aromatic rings. The lowest BCUT2D eigenvalue weighted by Crippen LogP contribution is -2.38. The number of rotatable bonds is 8. The SMILES string of the molecule is O=C(NCc1cccc(OCCN2CCOCC2)c1)c1ccc(-c2ccccc2)cc1. The molecule has 0 radical (unpaired) electrons. The molecule has 1 heterocycles. The Hall–Kier alpha value is -3.15. The first kappa shape index (κ1) is 21.1. The number of morpholine rings is 1. The molecule has 0 bridgehead atoms. The maximum Gasteiger partial charge on any atom is 0.251 e. The third kappa shape index (κ3) is 6.17. The summed E-state index contributed by atoms with van der Waals surface area (Å²) in [6, 6.07) is 25.7. The summed E-state index contributed by atoms with van der Waals surface area (Å²) in [6.45, 7) is 5.50. The Kier molecular flexibility index (Phi) is 7.32. The molecule has 0 saturated carbocycles. The smallest absolute Gasteiger partial charge is 0.251 e. The van der Waals surface area contributed by atoms with Crippen molar-refractivity contribution in [3.05, 3.63) is 90.0 Å². The molecule has 1 aliphatic heterocycles. The highest BCUT2D eigenvalue weighted by Gasteiger charge is 2.10. The Labute approximate surface area is 183 Å². The van der Waals surface area contributed by atoms with Gasteiger partial charge in [0.25, 0.3) is 5.91 Å². The standard InChI is InChI=1S/C26H28N2O3/c29-26(24-11-9-23(10-12-24)22-6-2-1-3-7-22)27-20-21-5-4-8-25(19-21)31-18-15-28-13-16-30-17-14-28/h1-12,19H,13-18,20H2,(H,27,29). The van der Waals surface area contributed by atoms with E-state index in [2.05, 4.69) is 22.3 Å². The van der Waals surface area contributed by atoms with Crippen LogP contribution in [0, 0.1) is 0 Å². The van der Waals surface area contributed by atoms with Crippen LogP contribution >= 0.6 is 0 Å². The van der Waals surface area contributed by atoms with Crippen molar-refractivity contribution in [1.29, 1.82) is 0 Å². The van der Waals surface area contributed by atoms with Gasteiger partial charge in [-0.05, 0) is 41.0 Å². The van der Waals surface area contributed by atoms with Gasteiger partial charge in [0.05, 0.1) is 13.2 Å². The van der Waals surface area contributed by atoms with Crippen LogP contribution in [0.4, 0.5) is 0 Å². The van der Waals surface area contributed by atoms with Crippen LogP contribution in [0.25, 0.3) is 11.1 Å². The molecule has 0 aromatic heterocycles. The zero-order valence-corrected chi connectivity index (χ0v) is 17.6. The molecule has 4 rings (SSSR count). The highest BCUT2D eigenvalue weighted by molar-refractivity contribution is 5.94. The average Bonchev–Trinajstić information content (AvgIpc) is 2.84. The first-order valence-corrected chi connectivity index (χ1v) is 10.7. The molecular weight excluding hydrogens is 388 g/mol. The van der Waals surface area contributed by atoms with E-state index in [9.17, 15) is 4.79 Å². The topological polar surface area (TPSA) is 50.8 Å². The highest BCUT2D eigenvalue weighted by atomic mass is 16.5. The number of carbonyl (C=O) groups excluding carboxylic acids is 1. The van der Waals surface area contributed by atoms with E-state index < -0.39 is 0 Å². The summed E-state index contributed by atoms with van der Waals surface area (Å²) in [4.78, 5) is 14.9. The van der Waals surface area contributed by atoms with Gasteiger partial charge in [-0.15, -0.1) is 0 Å². The second kappa shape index (κ2) is 10.8. The Morgan fingerprint density at radius 2 is 1.65 bits per heavy atom. The second-order valence-electron chi connectivity index (χ2n) is 7.58. The fourth-order valence-corrected chi connectivity index (χ4v) is 3.59. The van der Waals surface area contributed by atoms with E-state index in [1.165, 1.54) is 0 Å². The lowest BCUT2D eigenvalue weighted by molar-refractivity contribution is 0.0322. The first-order chi connectivity index (χ1) is 15.3. The van der Waals surface area contributed by atoms with Crippen molar-refractivity contribution in [2.75, 3.05) is 39.5 Å². The van der Waals surface area contributed by atoms with Crippen LogP contribution in [0.5, 0.6) is 5.75 Å². The zero-order chi connectivity index (χ0) is 21.3. The molecule has 1 aliphatic rings. The van der Waals surface area contributed by atoms with Crippen LogP contribution in [0.2, 0.25) is 0 Å². The maximum atomic E-state index is 12.5.